The highest BCUT2D eigenvalue weighted by molar-refractivity contribution is 6.03. The second-order valence-corrected chi connectivity index (χ2v) is 7.28. The first kappa shape index (κ1) is 18.2. The zero-order valence-corrected chi connectivity index (χ0v) is 15.9. The van der Waals surface area contributed by atoms with Gasteiger partial charge in [-0.15, -0.1) is 0 Å². The van der Waals surface area contributed by atoms with E-state index in [9.17, 15) is 9.59 Å². The van der Waals surface area contributed by atoms with E-state index in [4.69, 9.17) is 0 Å². The molecule has 0 saturated carbocycles. The Morgan fingerprint density at radius 3 is 2.19 bits per heavy atom. The zero-order valence-electron chi connectivity index (χ0n) is 15.9. The van der Waals surface area contributed by atoms with E-state index >= 15 is 0 Å². The van der Waals surface area contributed by atoms with E-state index in [0.717, 1.165) is 11.3 Å². The van der Waals surface area contributed by atoms with Crippen molar-refractivity contribution < 1.29 is 9.59 Å². The van der Waals surface area contributed by atoms with Gasteiger partial charge in [-0.05, 0) is 49.6 Å². The van der Waals surface area contributed by atoms with Crippen molar-refractivity contribution in [2.45, 2.75) is 39.7 Å². The minimum atomic E-state index is -0.470. The molecule has 0 aromatic heterocycles. The van der Waals surface area contributed by atoms with Gasteiger partial charge in [-0.1, -0.05) is 43.7 Å². The first-order valence-electron chi connectivity index (χ1n) is 9.17. The van der Waals surface area contributed by atoms with Gasteiger partial charge in [0.1, 0.15) is 6.04 Å². The molecule has 1 saturated heterocycles. The molecular formula is C22H26N2O2. The molecular weight excluding hydrogens is 324 g/mol. The molecule has 136 valence electrons. The maximum absolute atomic E-state index is 12.9. The summed E-state index contributed by atoms with van der Waals surface area (Å²) in [5.41, 5.74) is 3.89. The van der Waals surface area contributed by atoms with Gasteiger partial charge in [0.15, 0.2) is 0 Å². The summed E-state index contributed by atoms with van der Waals surface area (Å²) < 4.78 is 0. The molecule has 0 spiro atoms. The number of rotatable bonds is 3. The van der Waals surface area contributed by atoms with Crippen LogP contribution in [0.3, 0.4) is 0 Å². The number of anilines is 1. The van der Waals surface area contributed by atoms with Gasteiger partial charge in [0.2, 0.25) is 5.91 Å². The van der Waals surface area contributed by atoms with Crippen LogP contribution in [0.25, 0.3) is 0 Å². The highest BCUT2D eigenvalue weighted by atomic mass is 16.2. The quantitative estimate of drug-likeness (QED) is 0.840. The molecule has 26 heavy (non-hydrogen) atoms. The Bertz CT molecular complexity index is 794. The van der Waals surface area contributed by atoms with Crippen LogP contribution in [-0.2, 0) is 4.79 Å². The zero-order chi connectivity index (χ0) is 18.8. The SMILES string of the molecule is Cc1ccc(C(=O)N2CCN(c3ccc(C(C)C)cc3)C(=O)C2C)cc1. The summed E-state index contributed by atoms with van der Waals surface area (Å²) in [6.07, 6.45) is 0. The average Bonchev–Trinajstić information content (AvgIpc) is 2.64. The number of carbonyl (C=O) groups excluding carboxylic acids is 2. The highest BCUT2D eigenvalue weighted by Gasteiger charge is 2.35. The summed E-state index contributed by atoms with van der Waals surface area (Å²) in [7, 11) is 0. The third kappa shape index (κ3) is 3.50. The molecule has 4 nitrogen and oxygen atoms in total. The molecule has 2 aromatic carbocycles. The van der Waals surface area contributed by atoms with Gasteiger partial charge >= 0.3 is 0 Å². The average molecular weight is 350 g/mol. The van der Waals surface area contributed by atoms with Crippen LogP contribution in [0, 0.1) is 6.92 Å². The number of amides is 2. The Labute approximate surface area is 155 Å². The summed E-state index contributed by atoms with van der Waals surface area (Å²) in [4.78, 5) is 29.1. The fourth-order valence-corrected chi connectivity index (χ4v) is 3.31. The van der Waals surface area contributed by atoms with Gasteiger partial charge in [0, 0.05) is 24.3 Å². The number of hydrogen-bond acceptors (Lipinski definition) is 2. The van der Waals surface area contributed by atoms with Gasteiger partial charge in [-0.25, -0.2) is 0 Å². The predicted octanol–water partition coefficient (Wildman–Crippen LogP) is 4.00. The van der Waals surface area contributed by atoms with E-state index < -0.39 is 6.04 Å². The van der Waals surface area contributed by atoms with Crippen molar-refractivity contribution in [1.82, 2.24) is 4.90 Å². The molecule has 1 fully saturated rings. The fourth-order valence-electron chi connectivity index (χ4n) is 3.31. The first-order valence-corrected chi connectivity index (χ1v) is 9.17. The van der Waals surface area contributed by atoms with Crippen molar-refractivity contribution in [2.75, 3.05) is 18.0 Å². The lowest BCUT2D eigenvalue weighted by molar-refractivity contribution is -0.124. The second kappa shape index (κ2) is 7.32. The lowest BCUT2D eigenvalue weighted by Crippen LogP contribution is -2.57. The Morgan fingerprint density at radius 1 is 1.00 bits per heavy atom. The lowest BCUT2D eigenvalue weighted by Gasteiger charge is -2.39. The topological polar surface area (TPSA) is 40.6 Å². The summed E-state index contributed by atoms with van der Waals surface area (Å²) in [5.74, 6) is 0.345. The number of nitrogens with zero attached hydrogens (tertiary/aromatic N) is 2. The fraction of sp³-hybridized carbons (Fsp3) is 0.364. The smallest absolute Gasteiger partial charge is 0.254 e. The van der Waals surface area contributed by atoms with E-state index in [1.165, 1.54) is 5.56 Å². The number of carbonyl (C=O) groups is 2. The standard InChI is InChI=1S/C22H26N2O2/c1-15(2)18-9-11-20(12-10-18)24-14-13-23(17(4)21(24)25)22(26)19-7-5-16(3)6-8-19/h5-12,15,17H,13-14H2,1-4H3. The molecule has 2 amide bonds. The van der Waals surface area contributed by atoms with Crippen LogP contribution in [0.15, 0.2) is 48.5 Å². The van der Waals surface area contributed by atoms with Crippen molar-refractivity contribution >= 4 is 17.5 Å². The molecule has 0 N–H and O–H groups in total. The molecule has 0 bridgehead atoms. The summed E-state index contributed by atoms with van der Waals surface area (Å²) >= 11 is 0. The molecule has 1 aliphatic rings. The van der Waals surface area contributed by atoms with Crippen molar-refractivity contribution in [3.8, 4) is 0 Å². The highest BCUT2D eigenvalue weighted by Crippen LogP contribution is 2.24. The molecule has 2 aromatic rings. The minimum Gasteiger partial charge on any atom is -0.325 e. The monoisotopic (exact) mass is 350 g/mol. The van der Waals surface area contributed by atoms with E-state index in [1.54, 1.807) is 9.80 Å². The normalized spacial score (nSPS) is 17.7. The Balaban J connectivity index is 1.76. The van der Waals surface area contributed by atoms with Gasteiger partial charge in [0.25, 0.3) is 5.91 Å². The summed E-state index contributed by atoms with van der Waals surface area (Å²) in [5, 5.41) is 0. The van der Waals surface area contributed by atoms with E-state index in [1.807, 2.05) is 50.2 Å². The number of hydrogen-bond donors (Lipinski definition) is 0. The van der Waals surface area contributed by atoms with Gasteiger partial charge < -0.3 is 9.80 Å². The largest absolute Gasteiger partial charge is 0.325 e. The Kier molecular flexibility index (Phi) is 5.12. The van der Waals surface area contributed by atoms with E-state index in [0.29, 0.717) is 24.6 Å². The molecule has 0 aliphatic carbocycles. The van der Waals surface area contributed by atoms with E-state index in [2.05, 4.69) is 26.0 Å². The van der Waals surface area contributed by atoms with Crippen molar-refractivity contribution in [3.05, 3.63) is 65.2 Å². The van der Waals surface area contributed by atoms with Crippen LogP contribution in [-0.4, -0.2) is 35.8 Å². The second-order valence-electron chi connectivity index (χ2n) is 7.28. The van der Waals surface area contributed by atoms with Crippen molar-refractivity contribution in [3.63, 3.8) is 0 Å². The number of benzene rings is 2. The Hall–Kier alpha value is -2.62. The number of aryl methyl sites for hydroxylation is 1. The van der Waals surface area contributed by atoms with E-state index in [-0.39, 0.29) is 11.8 Å². The molecule has 1 aliphatic heterocycles. The predicted molar refractivity (Wildman–Crippen MR) is 105 cm³/mol. The Morgan fingerprint density at radius 2 is 1.62 bits per heavy atom. The third-order valence-corrected chi connectivity index (χ3v) is 5.09. The minimum absolute atomic E-state index is 0.0333. The van der Waals surface area contributed by atoms with Gasteiger partial charge in [0.05, 0.1) is 0 Å². The maximum Gasteiger partial charge on any atom is 0.254 e. The lowest BCUT2D eigenvalue weighted by atomic mass is 10.0. The van der Waals surface area contributed by atoms with Crippen molar-refractivity contribution in [2.24, 2.45) is 0 Å². The molecule has 4 heteroatoms. The van der Waals surface area contributed by atoms with Crippen LogP contribution in [0.2, 0.25) is 0 Å². The maximum atomic E-state index is 12.9. The van der Waals surface area contributed by atoms with Crippen LogP contribution in [0.5, 0.6) is 0 Å². The molecule has 0 radical (unpaired) electrons. The molecule has 1 atom stereocenters. The molecule has 1 unspecified atom stereocenters. The number of piperazine rings is 1. The van der Waals surface area contributed by atoms with Gasteiger partial charge in [-0.2, -0.15) is 0 Å². The third-order valence-electron chi connectivity index (χ3n) is 5.09. The van der Waals surface area contributed by atoms with Crippen molar-refractivity contribution in [1.29, 1.82) is 0 Å². The molecule has 1 heterocycles. The summed E-state index contributed by atoms with van der Waals surface area (Å²) in [6.45, 7) is 9.15. The van der Waals surface area contributed by atoms with Crippen LogP contribution in [0.1, 0.15) is 48.2 Å². The van der Waals surface area contributed by atoms with Crippen LogP contribution >= 0.6 is 0 Å². The van der Waals surface area contributed by atoms with Crippen LogP contribution in [0.4, 0.5) is 5.69 Å². The molecule has 3 rings (SSSR count). The summed E-state index contributed by atoms with van der Waals surface area (Å²) in [6, 6.07) is 15.2. The van der Waals surface area contributed by atoms with Crippen LogP contribution < -0.4 is 4.90 Å². The van der Waals surface area contributed by atoms with Gasteiger partial charge in [-0.3, -0.25) is 9.59 Å². The first-order chi connectivity index (χ1) is 12.4.